The number of amidine groups is 2. The highest BCUT2D eigenvalue weighted by atomic mass is 32.3. The van der Waals surface area contributed by atoms with Gasteiger partial charge in [-0.15, -0.1) is 5.10 Å². The van der Waals surface area contributed by atoms with E-state index in [1.54, 1.807) is 31.4 Å². The molecule has 0 fully saturated rings. The zero-order valence-electron chi connectivity index (χ0n) is 18.9. The third-order valence-electron chi connectivity index (χ3n) is 4.83. The van der Waals surface area contributed by atoms with Gasteiger partial charge in [0.1, 0.15) is 5.75 Å². The number of fused-ring (bicyclic) bond motifs is 1. The first kappa shape index (κ1) is 24.5. The molecule has 0 unspecified atom stereocenters. The molecule has 0 aliphatic carbocycles. The number of nitrogens with zero attached hydrogens (tertiary/aromatic N) is 3. The molecule has 0 saturated heterocycles. The van der Waals surface area contributed by atoms with Gasteiger partial charge in [0.15, 0.2) is 17.3 Å². The van der Waals surface area contributed by atoms with Crippen molar-refractivity contribution in [1.82, 2.24) is 5.01 Å². The lowest BCUT2D eigenvalue weighted by Crippen LogP contribution is -2.35. The standard InChI is InChI=1S/C23H22N4O6S2/c1-31-18-6-3-4-7-19(18)33-13-5-12-32-16-10-8-15(9-11-16)14-17-20(24)27-22(25-21(17)28)34-23(26-27)35(2,29)30/h3-4,6-11,14,24H,5,12-13H2,1-2H3/b17-14-,24-20?. The maximum absolute atomic E-state index is 12.4. The van der Waals surface area contributed by atoms with E-state index in [-0.39, 0.29) is 21.0 Å². The quantitative estimate of drug-likeness (QED) is 0.420. The molecule has 35 heavy (non-hydrogen) atoms. The average molecular weight is 515 g/mol. The molecule has 12 heteroatoms. The second kappa shape index (κ2) is 10.3. The van der Waals surface area contributed by atoms with Crippen molar-refractivity contribution >= 4 is 49.0 Å². The number of ether oxygens (including phenoxy) is 3. The van der Waals surface area contributed by atoms with Crippen molar-refractivity contribution in [3.8, 4) is 17.2 Å². The fraction of sp³-hybridized carbons (Fsp3) is 0.217. The monoisotopic (exact) mass is 514 g/mol. The van der Waals surface area contributed by atoms with Gasteiger partial charge in [-0.3, -0.25) is 10.2 Å². The Balaban J connectivity index is 1.33. The van der Waals surface area contributed by atoms with Crippen LogP contribution in [0.5, 0.6) is 17.2 Å². The minimum absolute atomic E-state index is 0.00927. The van der Waals surface area contributed by atoms with Crippen LogP contribution in [0.4, 0.5) is 0 Å². The smallest absolute Gasteiger partial charge is 0.283 e. The first-order valence-electron chi connectivity index (χ1n) is 10.5. The van der Waals surface area contributed by atoms with Crippen LogP contribution in [0.25, 0.3) is 6.08 Å². The van der Waals surface area contributed by atoms with Crippen LogP contribution < -0.4 is 14.2 Å². The van der Waals surface area contributed by atoms with Crippen LogP contribution in [-0.2, 0) is 14.6 Å². The van der Waals surface area contributed by atoms with Gasteiger partial charge < -0.3 is 14.2 Å². The van der Waals surface area contributed by atoms with Gasteiger partial charge in [0.25, 0.3) is 5.91 Å². The number of hydrogen-bond acceptors (Lipinski definition) is 9. The first-order chi connectivity index (χ1) is 16.8. The zero-order valence-corrected chi connectivity index (χ0v) is 20.6. The highest BCUT2D eigenvalue weighted by molar-refractivity contribution is 8.42. The van der Waals surface area contributed by atoms with Crippen LogP contribution in [0.1, 0.15) is 12.0 Å². The first-order valence-corrected chi connectivity index (χ1v) is 13.2. The molecule has 0 atom stereocenters. The number of methoxy groups -OCH3 is 1. The second-order valence-electron chi connectivity index (χ2n) is 7.43. The van der Waals surface area contributed by atoms with E-state index in [4.69, 9.17) is 19.6 Å². The van der Waals surface area contributed by atoms with Crippen LogP contribution in [0.2, 0.25) is 0 Å². The Morgan fingerprint density at radius 2 is 1.74 bits per heavy atom. The highest BCUT2D eigenvalue weighted by Gasteiger charge is 2.38. The summed E-state index contributed by atoms with van der Waals surface area (Å²) in [5.41, 5.74) is 0.665. The summed E-state index contributed by atoms with van der Waals surface area (Å²) >= 11 is 0.748. The summed E-state index contributed by atoms with van der Waals surface area (Å²) in [4.78, 5) is 16.3. The maximum atomic E-state index is 12.4. The number of para-hydroxylation sites is 2. The van der Waals surface area contributed by atoms with Gasteiger partial charge in [-0.1, -0.05) is 24.3 Å². The molecule has 1 N–H and O–H groups in total. The van der Waals surface area contributed by atoms with E-state index in [0.29, 0.717) is 42.4 Å². The number of rotatable bonds is 8. The van der Waals surface area contributed by atoms with Gasteiger partial charge in [-0.05, 0) is 47.7 Å². The normalized spacial score (nSPS) is 16.6. The minimum Gasteiger partial charge on any atom is -0.493 e. The summed E-state index contributed by atoms with van der Waals surface area (Å²) in [5, 5.41) is 13.3. The van der Waals surface area contributed by atoms with Crippen molar-refractivity contribution in [2.24, 2.45) is 10.1 Å². The molecule has 1 amide bonds. The molecule has 10 nitrogen and oxygen atoms in total. The lowest BCUT2D eigenvalue weighted by molar-refractivity contribution is -0.114. The number of thioether (sulfide) groups is 1. The van der Waals surface area contributed by atoms with Crippen molar-refractivity contribution < 1.29 is 27.4 Å². The molecule has 0 radical (unpaired) electrons. The third-order valence-corrected chi connectivity index (χ3v) is 7.41. The Bertz CT molecular complexity index is 1350. The minimum atomic E-state index is -3.58. The number of hydrogen-bond donors (Lipinski definition) is 1. The van der Waals surface area contributed by atoms with Crippen LogP contribution in [0.15, 0.2) is 64.2 Å². The number of amides is 1. The van der Waals surface area contributed by atoms with E-state index in [1.807, 2.05) is 24.3 Å². The number of benzene rings is 2. The van der Waals surface area contributed by atoms with Crippen LogP contribution >= 0.6 is 11.8 Å². The van der Waals surface area contributed by atoms with E-state index in [9.17, 15) is 13.2 Å². The number of carbonyl (C=O) groups excluding carboxylic acids is 1. The van der Waals surface area contributed by atoms with Crippen LogP contribution in [-0.4, -0.2) is 61.3 Å². The number of sulfone groups is 1. The number of nitrogens with one attached hydrogen (secondary N) is 1. The Labute approximate surface area is 206 Å². The predicted molar refractivity (Wildman–Crippen MR) is 135 cm³/mol. The van der Waals surface area contributed by atoms with Gasteiger partial charge in [0.2, 0.25) is 19.4 Å². The summed E-state index contributed by atoms with van der Waals surface area (Å²) in [6.07, 6.45) is 3.19. The summed E-state index contributed by atoms with van der Waals surface area (Å²) in [6, 6.07) is 14.4. The van der Waals surface area contributed by atoms with Crippen molar-refractivity contribution in [2.75, 3.05) is 26.6 Å². The van der Waals surface area contributed by atoms with Crippen molar-refractivity contribution in [2.45, 2.75) is 6.42 Å². The third kappa shape index (κ3) is 5.72. The molecule has 2 aliphatic heterocycles. The van der Waals surface area contributed by atoms with Crippen molar-refractivity contribution in [3.63, 3.8) is 0 Å². The molecule has 2 aromatic carbocycles. The lowest BCUT2D eigenvalue weighted by atomic mass is 10.1. The Hall–Kier alpha value is -3.64. The largest absolute Gasteiger partial charge is 0.493 e. The maximum Gasteiger partial charge on any atom is 0.283 e. The number of hydrazone groups is 1. The Kier molecular flexibility index (Phi) is 7.22. The number of aliphatic imine (C=N–C) groups is 1. The lowest BCUT2D eigenvalue weighted by Gasteiger charge is -2.20. The zero-order chi connectivity index (χ0) is 25.0. The average Bonchev–Trinajstić information content (AvgIpc) is 3.27. The van der Waals surface area contributed by atoms with Gasteiger partial charge in [-0.2, -0.15) is 10.0 Å². The van der Waals surface area contributed by atoms with E-state index >= 15 is 0 Å². The summed E-state index contributed by atoms with van der Waals surface area (Å²) in [7, 11) is -1.98. The molecule has 0 saturated carbocycles. The Morgan fingerprint density at radius 1 is 1.06 bits per heavy atom. The highest BCUT2D eigenvalue weighted by Crippen LogP contribution is 2.30. The van der Waals surface area contributed by atoms with Crippen molar-refractivity contribution in [1.29, 1.82) is 5.41 Å². The summed E-state index contributed by atoms with van der Waals surface area (Å²) < 4.78 is 40.0. The SMILES string of the molecule is COc1ccccc1OCCCOc1ccc(/C=C2/C(=N)N3N=C(S(C)(=O)=O)SC3=NC2=O)cc1. The summed E-state index contributed by atoms with van der Waals surface area (Å²) in [5.74, 6) is 1.14. The van der Waals surface area contributed by atoms with Gasteiger partial charge in [-0.25, -0.2) is 8.42 Å². The molecule has 0 aromatic heterocycles. The van der Waals surface area contributed by atoms with Gasteiger partial charge in [0, 0.05) is 12.7 Å². The molecule has 182 valence electrons. The molecule has 4 rings (SSSR count). The molecule has 0 bridgehead atoms. The van der Waals surface area contributed by atoms with E-state index in [2.05, 4.69) is 10.1 Å². The fourth-order valence-electron chi connectivity index (χ4n) is 3.12. The Morgan fingerprint density at radius 3 is 2.43 bits per heavy atom. The molecule has 0 spiro atoms. The van der Waals surface area contributed by atoms with Crippen LogP contribution in [0.3, 0.4) is 0 Å². The molecule has 2 aliphatic rings. The topological polar surface area (TPSA) is 131 Å². The predicted octanol–water partition coefficient (Wildman–Crippen LogP) is 3.16. The second-order valence-corrected chi connectivity index (χ2v) is 10.6. The van der Waals surface area contributed by atoms with Gasteiger partial charge >= 0.3 is 0 Å². The van der Waals surface area contributed by atoms with Crippen LogP contribution in [0, 0.1) is 5.41 Å². The van der Waals surface area contributed by atoms with Gasteiger partial charge in [0.05, 0.1) is 25.9 Å². The molecular weight excluding hydrogens is 492 g/mol. The number of carbonyl (C=O) groups is 1. The van der Waals surface area contributed by atoms with Crippen molar-refractivity contribution in [3.05, 3.63) is 59.7 Å². The molecule has 2 aromatic rings. The molecule has 2 heterocycles. The van der Waals surface area contributed by atoms with E-state index < -0.39 is 15.7 Å². The fourth-order valence-corrected chi connectivity index (χ4v) is 4.81. The summed E-state index contributed by atoms with van der Waals surface area (Å²) in [6.45, 7) is 0.916. The van der Waals surface area contributed by atoms with E-state index in [0.717, 1.165) is 23.0 Å². The molecular formula is C23H22N4O6S2. The van der Waals surface area contributed by atoms with E-state index in [1.165, 1.54) is 6.08 Å².